The second-order valence-corrected chi connectivity index (χ2v) is 6.14. The maximum absolute atomic E-state index is 12.3. The third kappa shape index (κ3) is 4.07. The van der Waals surface area contributed by atoms with Crippen molar-refractivity contribution in [3.63, 3.8) is 0 Å². The van der Waals surface area contributed by atoms with Crippen LogP contribution in [0.15, 0.2) is 53.3 Å². The summed E-state index contributed by atoms with van der Waals surface area (Å²) in [5.74, 6) is 0.997. The van der Waals surface area contributed by atoms with E-state index in [-0.39, 0.29) is 6.61 Å². The topological polar surface area (TPSA) is 92.3 Å². The first kappa shape index (κ1) is 18.0. The second kappa shape index (κ2) is 8.07. The lowest BCUT2D eigenvalue weighted by Gasteiger charge is -2.15. The number of aliphatic hydroxyl groups is 1. The number of benzene rings is 1. The van der Waals surface area contributed by atoms with Gasteiger partial charge in [-0.05, 0) is 37.6 Å². The lowest BCUT2D eigenvalue weighted by atomic mass is 10.1. The van der Waals surface area contributed by atoms with E-state index in [1.807, 2.05) is 25.1 Å². The minimum atomic E-state index is -0.438. The normalized spacial score (nSPS) is 12.0. The number of nitrogens with one attached hydrogen (secondary N) is 2. The molecule has 1 atom stereocenters. The molecule has 3 aromatic rings. The number of halogens is 1. The summed E-state index contributed by atoms with van der Waals surface area (Å²) in [5.41, 5.74) is 1.51. The molecule has 0 spiro atoms. The Labute approximate surface area is 155 Å². The minimum Gasteiger partial charge on any atom is -0.467 e. The summed E-state index contributed by atoms with van der Waals surface area (Å²) in [4.78, 5) is 12.3. The number of hydrogen-bond acceptors (Lipinski definition) is 4. The van der Waals surface area contributed by atoms with Crippen LogP contribution >= 0.6 is 11.6 Å². The van der Waals surface area contributed by atoms with E-state index in [2.05, 4.69) is 15.7 Å². The molecule has 2 aromatic heterocycles. The van der Waals surface area contributed by atoms with Gasteiger partial charge in [-0.25, -0.2) is 9.48 Å². The molecular weight excluding hydrogens is 356 g/mol. The predicted molar refractivity (Wildman–Crippen MR) is 98.6 cm³/mol. The maximum Gasteiger partial charge on any atom is 0.321 e. The number of furan rings is 1. The summed E-state index contributed by atoms with van der Waals surface area (Å²) in [6.07, 6.45) is 3.65. The van der Waals surface area contributed by atoms with E-state index < -0.39 is 12.1 Å². The number of carbonyl (C=O) groups is 1. The molecule has 136 valence electrons. The molecular formula is C18H19ClN4O3. The van der Waals surface area contributed by atoms with E-state index in [0.717, 1.165) is 11.3 Å². The standard InChI is InChI=1S/C18H19ClN4O3/c1-12-11-23(15-6-3-2-5-13(15)19)22-17(12)21-18(25)20-14(8-9-24)16-7-4-10-26-16/h2-7,10-11,14,24H,8-9H2,1H3,(H2,20,21,22,25). The smallest absolute Gasteiger partial charge is 0.321 e. The fourth-order valence-corrected chi connectivity index (χ4v) is 2.77. The Morgan fingerprint density at radius 3 is 2.85 bits per heavy atom. The number of rotatable bonds is 6. The number of amides is 2. The summed E-state index contributed by atoms with van der Waals surface area (Å²) in [6.45, 7) is 1.76. The number of hydrogen-bond donors (Lipinski definition) is 3. The quantitative estimate of drug-likeness (QED) is 0.613. The Hall–Kier alpha value is -2.77. The van der Waals surface area contributed by atoms with Gasteiger partial charge in [-0.1, -0.05) is 23.7 Å². The average Bonchev–Trinajstić information content (AvgIpc) is 3.26. The number of nitrogens with zero attached hydrogens (tertiary/aromatic N) is 2. The van der Waals surface area contributed by atoms with Crippen molar-refractivity contribution in [3.05, 3.63) is 65.2 Å². The van der Waals surface area contributed by atoms with Crippen LogP contribution in [-0.2, 0) is 0 Å². The highest BCUT2D eigenvalue weighted by atomic mass is 35.5. The lowest BCUT2D eigenvalue weighted by Crippen LogP contribution is -2.33. The highest BCUT2D eigenvalue weighted by Crippen LogP contribution is 2.22. The Morgan fingerprint density at radius 2 is 2.15 bits per heavy atom. The predicted octanol–water partition coefficient (Wildman–Crippen LogP) is 3.67. The Balaban J connectivity index is 1.72. The summed E-state index contributed by atoms with van der Waals surface area (Å²) in [6, 6.07) is 9.93. The third-order valence-electron chi connectivity index (χ3n) is 3.84. The molecule has 26 heavy (non-hydrogen) atoms. The first-order valence-corrected chi connectivity index (χ1v) is 8.49. The molecule has 3 N–H and O–H groups in total. The van der Waals surface area contributed by atoms with Crippen molar-refractivity contribution < 1.29 is 14.3 Å². The van der Waals surface area contributed by atoms with E-state index in [9.17, 15) is 9.90 Å². The molecule has 8 heteroatoms. The molecule has 1 unspecified atom stereocenters. The largest absolute Gasteiger partial charge is 0.467 e. The van der Waals surface area contributed by atoms with Gasteiger partial charge in [0.05, 0.1) is 23.0 Å². The van der Waals surface area contributed by atoms with Gasteiger partial charge >= 0.3 is 6.03 Å². The van der Waals surface area contributed by atoms with Gasteiger partial charge < -0.3 is 14.8 Å². The van der Waals surface area contributed by atoms with E-state index in [4.69, 9.17) is 16.0 Å². The summed E-state index contributed by atoms with van der Waals surface area (Å²) in [5, 5.41) is 19.6. The Morgan fingerprint density at radius 1 is 1.35 bits per heavy atom. The summed E-state index contributed by atoms with van der Waals surface area (Å²) < 4.78 is 6.93. The van der Waals surface area contributed by atoms with Crippen LogP contribution in [0, 0.1) is 6.92 Å². The second-order valence-electron chi connectivity index (χ2n) is 5.74. The van der Waals surface area contributed by atoms with Crippen LogP contribution in [0.4, 0.5) is 10.6 Å². The number of urea groups is 1. The fraction of sp³-hybridized carbons (Fsp3) is 0.222. The van der Waals surface area contributed by atoms with Gasteiger partial charge in [0.1, 0.15) is 5.76 Å². The van der Waals surface area contributed by atoms with E-state index in [0.29, 0.717) is 23.0 Å². The van der Waals surface area contributed by atoms with Crippen LogP contribution in [0.5, 0.6) is 0 Å². The summed E-state index contributed by atoms with van der Waals surface area (Å²) >= 11 is 6.19. The van der Waals surface area contributed by atoms with Gasteiger partial charge in [0, 0.05) is 18.4 Å². The van der Waals surface area contributed by atoms with Crippen LogP contribution in [0.3, 0.4) is 0 Å². The number of aliphatic hydroxyl groups excluding tert-OH is 1. The molecule has 3 rings (SSSR count). The number of anilines is 1. The zero-order valence-corrected chi connectivity index (χ0v) is 14.9. The maximum atomic E-state index is 12.3. The van der Waals surface area contributed by atoms with Crippen LogP contribution in [-0.4, -0.2) is 27.5 Å². The number of para-hydroxylation sites is 1. The van der Waals surface area contributed by atoms with Gasteiger partial charge in [0.15, 0.2) is 5.82 Å². The molecule has 0 saturated carbocycles. The molecule has 0 fully saturated rings. The SMILES string of the molecule is Cc1cn(-c2ccccc2Cl)nc1NC(=O)NC(CCO)c1ccco1. The van der Waals surface area contributed by atoms with Crippen LogP contribution in [0.25, 0.3) is 5.69 Å². The summed E-state index contributed by atoms with van der Waals surface area (Å²) in [7, 11) is 0. The van der Waals surface area contributed by atoms with Gasteiger partial charge in [-0.3, -0.25) is 5.32 Å². The Bertz CT molecular complexity index is 876. The number of aryl methyl sites for hydroxylation is 1. The van der Waals surface area contributed by atoms with E-state index in [1.165, 1.54) is 6.26 Å². The lowest BCUT2D eigenvalue weighted by molar-refractivity contribution is 0.233. The molecule has 7 nitrogen and oxygen atoms in total. The van der Waals surface area contributed by atoms with Gasteiger partial charge in [0.2, 0.25) is 0 Å². The molecule has 0 bridgehead atoms. The van der Waals surface area contributed by atoms with Crippen molar-refractivity contribution in [1.82, 2.24) is 15.1 Å². The van der Waals surface area contributed by atoms with Crippen molar-refractivity contribution in [2.75, 3.05) is 11.9 Å². The fourth-order valence-electron chi connectivity index (χ4n) is 2.55. The van der Waals surface area contributed by atoms with Gasteiger partial charge in [-0.2, -0.15) is 0 Å². The molecule has 0 aliphatic rings. The molecule has 0 aliphatic carbocycles. The van der Waals surface area contributed by atoms with Crippen molar-refractivity contribution in [1.29, 1.82) is 0 Å². The van der Waals surface area contributed by atoms with Crippen molar-refractivity contribution in [3.8, 4) is 5.69 Å². The highest BCUT2D eigenvalue weighted by molar-refractivity contribution is 6.32. The van der Waals surface area contributed by atoms with Crippen LogP contribution < -0.4 is 10.6 Å². The van der Waals surface area contributed by atoms with Crippen molar-refractivity contribution in [2.45, 2.75) is 19.4 Å². The monoisotopic (exact) mass is 374 g/mol. The van der Waals surface area contributed by atoms with Crippen molar-refractivity contribution >= 4 is 23.4 Å². The van der Waals surface area contributed by atoms with Gasteiger partial charge in [0.25, 0.3) is 0 Å². The molecule has 2 heterocycles. The minimum absolute atomic E-state index is 0.0776. The van der Waals surface area contributed by atoms with Crippen LogP contribution in [0.1, 0.15) is 23.8 Å². The van der Waals surface area contributed by atoms with Crippen LogP contribution in [0.2, 0.25) is 5.02 Å². The first-order valence-electron chi connectivity index (χ1n) is 8.11. The molecule has 1 aromatic carbocycles. The van der Waals surface area contributed by atoms with Gasteiger partial charge in [-0.15, -0.1) is 5.10 Å². The molecule has 2 amide bonds. The molecule has 0 radical (unpaired) electrons. The molecule has 0 aliphatic heterocycles. The Kier molecular flexibility index (Phi) is 5.60. The highest BCUT2D eigenvalue weighted by Gasteiger charge is 2.18. The van der Waals surface area contributed by atoms with E-state index in [1.54, 1.807) is 29.1 Å². The third-order valence-corrected chi connectivity index (χ3v) is 4.16. The number of carbonyl (C=O) groups excluding carboxylic acids is 1. The zero-order chi connectivity index (χ0) is 18.5. The van der Waals surface area contributed by atoms with Crippen molar-refractivity contribution in [2.24, 2.45) is 0 Å². The zero-order valence-electron chi connectivity index (χ0n) is 14.1. The van der Waals surface area contributed by atoms with E-state index >= 15 is 0 Å². The number of aromatic nitrogens is 2. The molecule has 0 saturated heterocycles. The first-order chi connectivity index (χ1) is 12.6. The average molecular weight is 375 g/mol.